The second-order valence-electron chi connectivity index (χ2n) is 3.57. The highest BCUT2D eigenvalue weighted by Gasteiger charge is 2.13. The van der Waals surface area contributed by atoms with E-state index in [0.29, 0.717) is 19.8 Å². The van der Waals surface area contributed by atoms with Gasteiger partial charge in [0.15, 0.2) is 0 Å². The van der Waals surface area contributed by atoms with E-state index in [9.17, 15) is 10.2 Å². The van der Waals surface area contributed by atoms with E-state index in [0.717, 1.165) is 11.8 Å². The molecule has 100 valence electrons. The van der Waals surface area contributed by atoms with Crippen LogP contribution in [0, 0.1) is 0 Å². The molecule has 2 nitrogen and oxygen atoms in total. The van der Waals surface area contributed by atoms with Gasteiger partial charge in [-0.1, -0.05) is 58.2 Å². The SMILES string of the molecule is Oc1cc(Sc2cc(Cl)cc(Cl)c2O)c(Cl)cc1Cl. The van der Waals surface area contributed by atoms with Crippen LogP contribution in [0.25, 0.3) is 0 Å². The zero-order chi connectivity index (χ0) is 14.2. The largest absolute Gasteiger partial charge is 0.506 e. The molecule has 0 spiro atoms. The minimum Gasteiger partial charge on any atom is -0.506 e. The average Bonchev–Trinajstić information content (AvgIpc) is 2.32. The summed E-state index contributed by atoms with van der Waals surface area (Å²) >= 11 is 24.6. The lowest BCUT2D eigenvalue weighted by molar-refractivity contribution is 0.462. The molecule has 7 heteroatoms. The molecule has 0 aliphatic carbocycles. The highest BCUT2D eigenvalue weighted by molar-refractivity contribution is 7.99. The fourth-order valence-electron chi connectivity index (χ4n) is 1.34. The molecule has 0 atom stereocenters. The summed E-state index contributed by atoms with van der Waals surface area (Å²) in [6.07, 6.45) is 0. The topological polar surface area (TPSA) is 40.5 Å². The maximum atomic E-state index is 9.86. The van der Waals surface area contributed by atoms with Gasteiger partial charge in [-0.2, -0.15) is 0 Å². The first-order valence-electron chi connectivity index (χ1n) is 4.92. The van der Waals surface area contributed by atoms with Gasteiger partial charge in [0.2, 0.25) is 0 Å². The Hall–Kier alpha value is -0.450. The van der Waals surface area contributed by atoms with Crippen LogP contribution < -0.4 is 0 Å². The molecular weight excluding hydrogens is 350 g/mol. The molecule has 0 bridgehead atoms. The van der Waals surface area contributed by atoms with Gasteiger partial charge in [-0.3, -0.25) is 0 Å². The molecule has 2 N–H and O–H groups in total. The van der Waals surface area contributed by atoms with Crippen LogP contribution in [0.15, 0.2) is 34.1 Å². The van der Waals surface area contributed by atoms with Crippen molar-refractivity contribution >= 4 is 58.2 Å². The monoisotopic (exact) mass is 354 g/mol. The molecule has 0 fully saturated rings. The van der Waals surface area contributed by atoms with Crippen molar-refractivity contribution in [1.82, 2.24) is 0 Å². The van der Waals surface area contributed by atoms with Gasteiger partial charge in [0.25, 0.3) is 0 Å². The van der Waals surface area contributed by atoms with E-state index in [-0.39, 0.29) is 21.5 Å². The lowest BCUT2D eigenvalue weighted by Crippen LogP contribution is -1.80. The normalized spacial score (nSPS) is 10.7. The van der Waals surface area contributed by atoms with Crippen LogP contribution in [-0.2, 0) is 0 Å². The number of phenols is 2. The summed E-state index contributed by atoms with van der Waals surface area (Å²) in [4.78, 5) is 0.957. The van der Waals surface area contributed by atoms with Gasteiger partial charge in [0, 0.05) is 9.92 Å². The summed E-state index contributed by atoms with van der Waals surface area (Å²) < 4.78 is 0. The molecule has 0 heterocycles. The average molecular weight is 356 g/mol. The lowest BCUT2D eigenvalue weighted by atomic mass is 10.3. The van der Waals surface area contributed by atoms with E-state index in [4.69, 9.17) is 46.4 Å². The van der Waals surface area contributed by atoms with Crippen LogP contribution in [0.2, 0.25) is 20.1 Å². The number of rotatable bonds is 2. The van der Waals surface area contributed by atoms with Crippen LogP contribution in [0.5, 0.6) is 11.5 Å². The van der Waals surface area contributed by atoms with E-state index >= 15 is 0 Å². The molecule has 2 aromatic rings. The van der Waals surface area contributed by atoms with Gasteiger partial charge in [-0.15, -0.1) is 0 Å². The quantitative estimate of drug-likeness (QED) is 0.708. The second-order valence-corrected chi connectivity index (χ2v) is 6.31. The predicted molar refractivity (Wildman–Crippen MR) is 80.4 cm³/mol. The Morgan fingerprint density at radius 3 is 2.11 bits per heavy atom. The van der Waals surface area contributed by atoms with Crippen LogP contribution >= 0.6 is 58.2 Å². The molecule has 0 aliphatic heterocycles. The summed E-state index contributed by atoms with van der Waals surface area (Å²) in [7, 11) is 0. The van der Waals surface area contributed by atoms with Crippen LogP contribution in [0.1, 0.15) is 0 Å². The van der Waals surface area contributed by atoms with Crippen molar-refractivity contribution in [3.8, 4) is 11.5 Å². The van der Waals surface area contributed by atoms with Gasteiger partial charge >= 0.3 is 0 Å². The number of aromatic hydroxyl groups is 2. The Kier molecular flexibility index (Phi) is 4.64. The van der Waals surface area contributed by atoms with Gasteiger partial charge in [-0.05, 0) is 24.3 Å². The molecule has 0 amide bonds. The first kappa shape index (κ1) is 14.9. The molecule has 2 rings (SSSR count). The minimum absolute atomic E-state index is 0.0958. The molecule has 0 aromatic heterocycles. The molecule has 0 radical (unpaired) electrons. The summed E-state index contributed by atoms with van der Waals surface area (Å²) in [6.45, 7) is 0. The fourth-order valence-corrected chi connectivity index (χ4v) is 3.40. The van der Waals surface area contributed by atoms with Gasteiger partial charge in [0.1, 0.15) is 11.5 Å². The Bertz CT molecular complexity index is 646. The van der Waals surface area contributed by atoms with Gasteiger partial charge in [-0.25, -0.2) is 0 Å². The highest BCUT2D eigenvalue weighted by Crippen LogP contribution is 2.44. The molecule has 19 heavy (non-hydrogen) atoms. The molecule has 2 aromatic carbocycles. The minimum atomic E-state index is -0.0961. The van der Waals surface area contributed by atoms with Gasteiger partial charge < -0.3 is 10.2 Å². The smallest absolute Gasteiger partial charge is 0.148 e. The van der Waals surface area contributed by atoms with E-state index in [1.165, 1.54) is 18.2 Å². The van der Waals surface area contributed by atoms with E-state index in [1.54, 1.807) is 6.07 Å². The summed E-state index contributed by atoms with van der Waals surface area (Å²) in [5.41, 5.74) is 0. The zero-order valence-corrected chi connectivity index (χ0v) is 13.0. The van der Waals surface area contributed by atoms with Crippen molar-refractivity contribution in [2.45, 2.75) is 9.79 Å². The predicted octanol–water partition coefficient (Wildman–Crippen LogP) is 5.86. The number of benzene rings is 2. The third-order valence-corrected chi connectivity index (χ3v) is 4.54. The second kappa shape index (κ2) is 5.90. The van der Waals surface area contributed by atoms with Crippen LogP contribution in [0.3, 0.4) is 0 Å². The van der Waals surface area contributed by atoms with E-state index < -0.39 is 0 Å². The number of hydrogen-bond acceptors (Lipinski definition) is 3. The maximum Gasteiger partial charge on any atom is 0.148 e. The number of halogens is 4. The van der Waals surface area contributed by atoms with Crippen molar-refractivity contribution in [2.24, 2.45) is 0 Å². The van der Waals surface area contributed by atoms with Crippen molar-refractivity contribution in [3.63, 3.8) is 0 Å². The first-order chi connectivity index (χ1) is 8.88. The van der Waals surface area contributed by atoms with Crippen molar-refractivity contribution < 1.29 is 10.2 Å². The highest BCUT2D eigenvalue weighted by atomic mass is 35.5. The maximum absolute atomic E-state index is 9.86. The Balaban J connectivity index is 2.44. The number of phenolic OH excluding ortho intramolecular Hbond substituents is 2. The Morgan fingerprint density at radius 1 is 0.737 bits per heavy atom. The van der Waals surface area contributed by atoms with Crippen molar-refractivity contribution in [2.75, 3.05) is 0 Å². The van der Waals surface area contributed by atoms with Gasteiger partial charge in [0.05, 0.1) is 20.0 Å². The molecular formula is C12H6Cl4O2S. The lowest BCUT2D eigenvalue weighted by Gasteiger charge is -2.09. The third kappa shape index (κ3) is 3.36. The van der Waals surface area contributed by atoms with Crippen LogP contribution in [-0.4, -0.2) is 10.2 Å². The standard InChI is InChI=1S/C12H6Cl4O2S/c13-5-1-8(16)12(18)11(2-5)19-10-4-9(17)6(14)3-7(10)15/h1-4,17-18H. The summed E-state index contributed by atoms with van der Waals surface area (Å²) in [6, 6.07) is 5.81. The molecule has 0 aliphatic rings. The Morgan fingerprint density at radius 2 is 1.42 bits per heavy atom. The zero-order valence-electron chi connectivity index (χ0n) is 9.12. The van der Waals surface area contributed by atoms with Crippen molar-refractivity contribution in [3.05, 3.63) is 44.4 Å². The summed E-state index contributed by atoms with van der Waals surface area (Å²) in [5.74, 6) is -0.192. The first-order valence-corrected chi connectivity index (χ1v) is 7.25. The molecule has 0 saturated heterocycles. The Labute approximate surface area is 133 Å². The van der Waals surface area contributed by atoms with E-state index in [2.05, 4.69) is 0 Å². The third-order valence-electron chi connectivity index (χ3n) is 2.21. The number of hydrogen-bond donors (Lipinski definition) is 2. The fraction of sp³-hybridized carbons (Fsp3) is 0. The summed E-state index contributed by atoms with van der Waals surface area (Å²) in [5, 5.41) is 20.5. The van der Waals surface area contributed by atoms with Crippen LogP contribution in [0.4, 0.5) is 0 Å². The van der Waals surface area contributed by atoms with Crippen molar-refractivity contribution in [1.29, 1.82) is 0 Å². The van der Waals surface area contributed by atoms with E-state index in [1.807, 2.05) is 0 Å². The molecule has 0 saturated carbocycles. The molecule has 0 unspecified atom stereocenters.